The number of nitrogens with zero attached hydrogens (tertiary/aromatic N) is 1. The highest BCUT2D eigenvalue weighted by atomic mass is 35.5. The molecule has 0 radical (unpaired) electrons. The lowest BCUT2D eigenvalue weighted by Gasteiger charge is -2.26. The molecule has 0 aliphatic heterocycles. The van der Waals surface area contributed by atoms with Crippen LogP contribution in [0, 0.1) is 0 Å². The molecule has 168 valence electrons. The molecule has 2 aromatic heterocycles. The zero-order chi connectivity index (χ0) is 23.5. The molecule has 2 nitrogen and oxygen atoms in total. The summed E-state index contributed by atoms with van der Waals surface area (Å²) in [6.45, 7) is 4.75. The fourth-order valence-electron chi connectivity index (χ4n) is 3.28. The summed E-state index contributed by atoms with van der Waals surface area (Å²) in [6, 6.07) is 17.8. The number of rotatable bonds is 4. The first-order valence-electron chi connectivity index (χ1n) is 10.2. The van der Waals surface area contributed by atoms with Crippen molar-refractivity contribution in [1.82, 2.24) is 4.98 Å². The molecule has 32 heavy (non-hydrogen) atoms. The van der Waals surface area contributed by atoms with Crippen molar-refractivity contribution >= 4 is 33.0 Å². The number of thiophene rings is 1. The Balaban J connectivity index is 0.00000141. The smallest absolute Gasteiger partial charge is 0.376 e. The molecular weight excluding hydrogens is 455 g/mol. The Hall–Kier alpha value is -2.41. The molecule has 1 atom stereocenters. The summed E-state index contributed by atoms with van der Waals surface area (Å²) in [5.41, 5.74) is -1.08. The first-order valence-corrected chi connectivity index (χ1v) is 11.4. The number of hydrogen-bond acceptors (Lipinski definition) is 3. The average Bonchev–Trinajstić information content (AvgIpc) is 3.18. The minimum Gasteiger partial charge on any atom is -0.376 e. The van der Waals surface area contributed by atoms with Crippen molar-refractivity contribution in [2.24, 2.45) is 0 Å². The van der Waals surface area contributed by atoms with E-state index < -0.39 is 11.8 Å². The molecule has 0 aliphatic rings. The molecule has 7 heteroatoms. The number of pyridine rings is 1. The minimum atomic E-state index is -4.79. The fraction of sp³-hybridized carbons (Fsp3) is 0.240. The molecule has 0 bridgehead atoms. The van der Waals surface area contributed by atoms with Gasteiger partial charge in [0.25, 0.3) is 0 Å². The van der Waals surface area contributed by atoms with Gasteiger partial charge >= 0.3 is 6.18 Å². The van der Waals surface area contributed by atoms with Crippen LogP contribution in [0.2, 0.25) is 5.02 Å². The number of hydrogen-bond donors (Lipinski definition) is 1. The fourth-order valence-corrected chi connectivity index (χ4v) is 4.68. The molecule has 0 fully saturated rings. The van der Waals surface area contributed by atoms with Crippen molar-refractivity contribution < 1.29 is 18.3 Å². The maximum absolute atomic E-state index is 13.3. The lowest BCUT2D eigenvalue weighted by Crippen LogP contribution is -2.39. The third-order valence-electron chi connectivity index (χ3n) is 5.07. The van der Waals surface area contributed by atoms with Crippen LogP contribution in [0.15, 0.2) is 66.9 Å². The second kappa shape index (κ2) is 9.61. The van der Waals surface area contributed by atoms with E-state index in [9.17, 15) is 18.3 Å². The first kappa shape index (κ1) is 24.2. The topological polar surface area (TPSA) is 33.1 Å². The van der Waals surface area contributed by atoms with Crippen LogP contribution in [0.4, 0.5) is 13.2 Å². The summed E-state index contributed by atoms with van der Waals surface area (Å²) < 4.78 is 40.7. The third-order valence-corrected chi connectivity index (χ3v) is 6.62. The van der Waals surface area contributed by atoms with Crippen molar-refractivity contribution in [2.75, 3.05) is 0 Å². The van der Waals surface area contributed by atoms with Crippen molar-refractivity contribution in [3.63, 3.8) is 0 Å². The van der Waals surface area contributed by atoms with Crippen LogP contribution in [0.25, 0.3) is 21.3 Å². The van der Waals surface area contributed by atoms with E-state index in [1.807, 2.05) is 56.3 Å². The summed E-state index contributed by atoms with van der Waals surface area (Å²) in [6.07, 6.45) is -2.83. The van der Waals surface area contributed by atoms with Gasteiger partial charge in [0.15, 0.2) is 5.60 Å². The monoisotopic (exact) mass is 477 g/mol. The Morgan fingerprint density at radius 1 is 1.00 bits per heavy atom. The van der Waals surface area contributed by atoms with E-state index in [1.165, 1.54) is 18.3 Å². The summed E-state index contributed by atoms with van der Waals surface area (Å²) in [7, 11) is 0. The molecule has 0 saturated heterocycles. The standard InChI is InChI=1S/C23H17ClF3NOS.C2H6/c1-22(29,23(25,26)27)16-9-10-28-20(13-16)18-7-4-6-15-12-17(30-21(15)18)11-14-5-2-3-8-19(14)24;1-2/h2-10,12-13,29H,11H2,1H3;1-2H3. The van der Waals surface area contributed by atoms with Crippen LogP contribution >= 0.6 is 22.9 Å². The molecule has 0 saturated carbocycles. The Labute approximate surface area is 194 Å². The van der Waals surface area contributed by atoms with E-state index in [4.69, 9.17) is 11.6 Å². The SMILES string of the molecule is CC.CC(O)(c1ccnc(-c2cccc3cc(Cc4ccccc4Cl)sc23)c1)C(F)(F)F. The molecule has 0 amide bonds. The lowest BCUT2D eigenvalue weighted by molar-refractivity contribution is -0.258. The van der Waals surface area contributed by atoms with Crippen LogP contribution in [0.1, 0.15) is 36.8 Å². The molecule has 0 spiro atoms. The van der Waals surface area contributed by atoms with Gasteiger partial charge in [-0.2, -0.15) is 13.2 Å². The van der Waals surface area contributed by atoms with Gasteiger partial charge in [0.1, 0.15) is 0 Å². The summed E-state index contributed by atoms with van der Waals surface area (Å²) in [5.74, 6) is 0. The predicted octanol–water partition coefficient (Wildman–Crippen LogP) is 8.00. The molecular formula is C25H23ClF3NOS. The normalized spacial score (nSPS) is 13.4. The number of aromatic nitrogens is 1. The van der Waals surface area contributed by atoms with E-state index in [0.717, 1.165) is 33.0 Å². The molecule has 1 unspecified atom stereocenters. The van der Waals surface area contributed by atoms with Gasteiger partial charge < -0.3 is 5.11 Å². The molecule has 2 aromatic carbocycles. The number of benzene rings is 2. The maximum Gasteiger partial charge on any atom is 0.421 e. The van der Waals surface area contributed by atoms with Gasteiger partial charge in [-0.1, -0.05) is 61.8 Å². The molecule has 0 aliphatic carbocycles. The molecule has 4 rings (SSSR count). The predicted molar refractivity (Wildman–Crippen MR) is 126 cm³/mol. The summed E-state index contributed by atoms with van der Waals surface area (Å²) >= 11 is 7.83. The van der Waals surface area contributed by atoms with E-state index in [0.29, 0.717) is 17.1 Å². The van der Waals surface area contributed by atoms with E-state index in [2.05, 4.69) is 11.1 Å². The number of alkyl halides is 3. The van der Waals surface area contributed by atoms with Crippen LogP contribution in [0.5, 0.6) is 0 Å². The van der Waals surface area contributed by atoms with Crippen molar-refractivity contribution in [1.29, 1.82) is 0 Å². The molecule has 2 heterocycles. The maximum atomic E-state index is 13.3. The zero-order valence-corrected chi connectivity index (χ0v) is 19.4. The summed E-state index contributed by atoms with van der Waals surface area (Å²) in [5, 5.41) is 11.7. The van der Waals surface area contributed by atoms with E-state index in [1.54, 1.807) is 11.3 Å². The lowest BCUT2D eigenvalue weighted by atomic mass is 9.94. The average molecular weight is 478 g/mol. The van der Waals surface area contributed by atoms with Crippen molar-refractivity contribution in [3.05, 3.63) is 87.9 Å². The van der Waals surface area contributed by atoms with Crippen molar-refractivity contribution in [2.45, 2.75) is 39.0 Å². The Bertz CT molecular complexity index is 1220. The quantitative estimate of drug-likeness (QED) is 0.323. The Kier molecular flexibility index (Phi) is 7.28. The Morgan fingerprint density at radius 3 is 2.41 bits per heavy atom. The summed E-state index contributed by atoms with van der Waals surface area (Å²) in [4.78, 5) is 5.36. The van der Waals surface area contributed by atoms with Gasteiger partial charge in [0, 0.05) is 32.8 Å². The zero-order valence-electron chi connectivity index (χ0n) is 17.9. The van der Waals surface area contributed by atoms with Crippen LogP contribution in [-0.4, -0.2) is 16.3 Å². The van der Waals surface area contributed by atoms with E-state index in [-0.39, 0.29) is 5.56 Å². The van der Waals surface area contributed by atoms with Gasteiger partial charge in [-0.3, -0.25) is 4.98 Å². The third kappa shape index (κ3) is 4.82. The minimum absolute atomic E-state index is 0.246. The van der Waals surface area contributed by atoms with Gasteiger partial charge in [-0.25, -0.2) is 0 Å². The molecule has 1 N–H and O–H groups in total. The highest BCUT2D eigenvalue weighted by molar-refractivity contribution is 7.19. The van der Waals surface area contributed by atoms with Crippen molar-refractivity contribution in [3.8, 4) is 11.3 Å². The largest absolute Gasteiger partial charge is 0.421 e. The second-order valence-corrected chi connectivity index (χ2v) is 8.75. The van der Waals surface area contributed by atoms with Crippen LogP contribution in [-0.2, 0) is 12.0 Å². The van der Waals surface area contributed by atoms with Crippen LogP contribution in [0.3, 0.4) is 0 Å². The second-order valence-electron chi connectivity index (χ2n) is 7.20. The highest BCUT2D eigenvalue weighted by Gasteiger charge is 2.51. The van der Waals surface area contributed by atoms with Gasteiger partial charge in [-0.05, 0) is 47.7 Å². The van der Waals surface area contributed by atoms with Gasteiger partial charge in [-0.15, -0.1) is 11.3 Å². The van der Waals surface area contributed by atoms with Gasteiger partial charge in [0.05, 0.1) is 5.69 Å². The molecule has 4 aromatic rings. The van der Waals surface area contributed by atoms with Gasteiger partial charge in [0.2, 0.25) is 0 Å². The number of aliphatic hydroxyl groups is 1. The number of halogens is 4. The number of fused-ring (bicyclic) bond motifs is 1. The highest BCUT2D eigenvalue weighted by Crippen LogP contribution is 2.41. The first-order chi connectivity index (χ1) is 15.2. The Morgan fingerprint density at radius 2 is 1.72 bits per heavy atom. The van der Waals surface area contributed by atoms with E-state index >= 15 is 0 Å². The van der Waals surface area contributed by atoms with Crippen LogP contribution < -0.4 is 0 Å².